The van der Waals surface area contributed by atoms with Crippen LogP contribution in [0.2, 0.25) is 0 Å². The Kier molecular flexibility index (Phi) is 6.08. The van der Waals surface area contributed by atoms with Gasteiger partial charge < -0.3 is 25.0 Å². The molecule has 3 N–H and O–H groups in total. The Bertz CT molecular complexity index is 1000. The number of phenols is 1. The molecule has 0 radical (unpaired) electrons. The number of rotatable bonds is 6. The smallest absolute Gasteiger partial charge is 0.344 e. The number of carbonyl (C=O) groups excluding carboxylic acids is 1. The van der Waals surface area contributed by atoms with Crippen molar-refractivity contribution in [2.24, 2.45) is 4.99 Å². The fourth-order valence-electron chi connectivity index (χ4n) is 2.39. The summed E-state index contributed by atoms with van der Waals surface area (Å²) in [6, 6.07) is 11.2. The summed E-state index contributed by atoms with van der Waals surface area (Å²) in [6.07, 6.45) is 0.648. The molecular formula is C20H18N2O6S. The zero-order chi connectivity index (χ0) is 21.0. The number of ether oxygens (including phenoxy) is 2. The first kappa shape index (κ1) is 20.3. The molecule has 1 fully saturated rings. The van der Waals surface area contributed by atoms with Crippen LogP contribution < -0.4 is 14.8 Å². The lowest BCUT2D eigenvalue weighted by molar-refractivity contribution is -0.144. The van der Waals surface area contributed by atoms with Crippen molar-refractivity contribution in [2.45, 2.75) is 13.0 Å². The maximum atomic E-state index is 12.2. The second-order valence-corrected chi connectivity index (χ2v) is 7.04. The van der Waals surface area contributed by atoms with Gasteiger partial charge in [-0.05, 0) is 66.7 Å². The van der Waals surface area contributed by atoms with Crippen LogP contribution in [-0.2, 0) is 9.59 Å². The van der Waals surface area contributed by atoms with Crippen LogP contribution in [0.1, 0.15) is 12.5 Å². The minimum Gasteiger partial charge on any atom is -0.508 e. The zero-order valence-electron chi connectivity index (χ0n) is 15.6. The van der Waals surface area contributed by atoms with Gasteiger partial charge in [-0.2, -0.15) is 0 Å². The van der Waals surface area contributed by atoms with Crippen molar-refractivity contribution in [3.8, 4) is 17.2 Å². The number of aromatic hydroxyl groups is 1. The number of methoxy groups -OCH3 is 1. The fraction of sp³-hybridized carbons (Fsp3) is 0.150. The molecule has 8 nitrogen and oxygen atoms in total. The minimum atomic E-state index is -1.09. The number of thioether (sulfide) groups is 1. The van der Waals surface area contributed by atoms with E-state index in [0.29, 0.717) is 32.8 Å². The zero-order valence-corrected chi connectivity index (χ0v) is 16.4. The lowest BCUT2D eigenvalue weighted by atomic mass is 10.2. The molecule has 0 aromatic heterocycles. The van der Waals surface area contributed by atoms with Gasteiger partial charge in [-0.25, -0.2) is 9.79 Å². The number of carboxylic acid groups (broad SMARTS) is 1. The van der Waals surface area contributed by atoms with Crippen LogP contribution in [0, 0.1) is 0 Å². The molecule has 150 valence electrons. The van der Waals surface area contributed by atoms with E-state index in [9.17, 15) is 14.7 Å². The summed E-state index contributed by atoms with van der Waals surface area (Å²) in [7, 11) is 1.45. The van der Waals surface area contributed by atoms with Gasteiger partial charge >= 0.3 is 5.97 Å². The Morgan fingerprint density at radius 1 is 1.21 bits per heavy atom. The molecule has 1 heterocycles. The van der Waals surface area contributed by atoms with Gasteiger partial charge in [0.1, 0.15) is 5.75 Å². The van der Waals surface area contributed by atoms with Crippen molar-refractivity contribution in [1.29, 1.82) is 0 Å². The summed E-state index contributed by atoms with van der Waals surface area (Å²) in [5.74, 6) is -0.586. The maximum Gasteiger partial charge on any atom is 0.344 e. The third-order valence-electron chi connectivity index (χ3n) is 3.87. The van der Waals surface area contributed by atoms with E-state index in [2.05, 4.69) is 10.3 Å². The summed E-state index contributed by atoms with van der Waals surface area (Å²) in [4.78, 5) is 28.0. The molecule has 0 aliphatic carbocycles. The molecule has 0 bridgehead atoms. The normalized spacial score (nSPS) is 17.2. The lowest BCUT2D eigenvalue weighted by Crippen LogP contribution is -2.23. The average molecular weight is 414 g/mol. The van der Waals surface area contributed by atoms with Crippen molar-refractivity contribution >= 4 is 40.6 Å². The summed E-state index contributed by atoms with van der Waals surface area (Å²) in [5.41, 5.74) is 1.28. The molecule has 1 aliphatic rings. The van der Waals surface area contributed by atoms with Gasteiger partial charge in [0, 0.05) is 0 Å². The molecule has 1 amide bonds. The van der Waals surface area contributed by atoms with Crippen molar-refractivity contribution < 1.29 is 29.3 Å². The number of nitrogens with one attached hydrogen (secondary N) is 1. The first-order chi connectivity index (χ1) is 13.9. The number of aliphatic imine (C=N–C) groups is 1. The first-order valence-corrected chi connectivity index (χ1v) is 9.33. The molecule has 9 heteroatoms. The van der Waals surface area contributed by atoms with E-state index < -0.39 is 12.1 Å². The number of carbonyl (C=O) groups is 2. The standard InChI is InChI=1S/C20H18N2O6S/c1-11(19(25)26)28-15-8-3-12(9-16(15)27-2)10-17-18(24)22-20(29-17)21-13-4-6-14(23)7-5-13/h3-11,23H,1-2H3,(H,25,26)(H,21,22,24)/b17-10+. The van der Waals surface area contributed by atoms with E-state index in [1.807, 2.05) is 0 Å². The number of hydrogen-bond acceptors (Lipinski definition) is 7. The van der Waals surface area contributed by atoms with Gasteiger partial charge in [-0.3, -0.25) is 4.79 Å². The van der Waals surface area contributed by atoms with E-state index in [0.717, 1.165) is 0 Å². The van der Waals surface area contributed by atoms with Crippen molar-refractivity contribution in [2.75, 3.05) is 7.11 Å². The van der Waals surface area contributed by atoms with Crippen LogP contribution in [0.5, 0.6) is 17.2 Å². The Hall–Kier alpha value is -3.46. The third-order valence-corrected chi connectivity index (χ3v) is 4.78. The highest BCUT2D eigenvalue weighted by molar-refractivity contribution is 8.18. The number of nitrogens with zero attached hydrogens (tertiary/aromatic N) is 1. The highest BCUT2D eigenvalue weighted by atomic mass is 32.2. The van der Waals surface area contributed by atoms with Crippen LogP contribution in [0.15, 0.2) is 52.4 Å². The predicted octanol–water partition coefficient (Wildman–Crippen LogP) is 3.14. The van der Waals surface area contributed by atoms with Gasteiger partial charge in [0.15, 0.2) is 22.8 Å². The second-order valence-electron chi connectivity index (χ2n) is 6.01. The van der Waals surface area contributed by atoms with Crippen LogP contribution in [0.4, 0.5) is 5.69 Å². The summed E-state index contributed by atoms with van der Waals surface area (Å²) >= 11 is 1.18. The van der Waals surface area contributed by atoms with E-state index in [1.165, 1.54) is 37.9 Å². The third kappa shape index (κ3) is 5.08. The van der Waals surface area contributed by atoms with Gasteiger partial charge in [-0.1, -0.05) is 6.07 Å². The molecule has 2 aromatic carbocycles. The molecule has 1 atom stereocenters. The Labute approximate surface area is 170 Å². The number of hydrogen-bond donors (Lipinski definition) is 3. The summed E-state index contributed by atoms with van der Waals surface area (Å²) < 4.78 is 10.6. The average Bonchev–Trinajstić information content (AvgIpc) is 3.03. The van der Waals surface area contributed by atoms with Gasteiger partial charge in [-0.15, -0.1) is 0 Å². The van der Waals surface area contributed by atoms with E-state index in [-0.39, 0.29) is 11.7 Å². The molecule has 2 aromatic rings. The van der Waals surface area contributed by atoms with Gasteiger partial charge in [0.2, 0.25) is 0 Å². The fourth-order valence-corrected chi connectivity index (χ4v) is 3.23. The first-order valence-electron chi connectivity index (χ1n) is 8.52. The molecule has 0 spiro atoms. The summed E-state index contributed by atoms with van der Waals surface area (Å²) in [5, 5.41) is 21.4. The van der Waals surface area contributed by atoms with Crippen molar-refractivity contribution in [1.82, 2.24) is 5.32 Å². The van der Waals surface area contributed by atoms with Crippen LogP contribution in [-0.4, -0.2) is 40.5 Å². The number of amidine groups is 1. The van der Waals surface area contributed by atoms with Gasteiger partial charge in [0.25, 0.3) is 5.91 Å². The Morgan fingerprint density at radius 2 is 1.93 bits per heavy atom. The largest absolute Gasteiger partial charge is 0.508 e. The highest BCUT2D eigenvalue weighted by Crippen LogP contribution is 2.33. The Balaban J connectivity index is 1.79. The Morgan fingerprint density at radius 3 is 2.59 bits per heavy atom. The molecule has 1 saturated heterocycles. The van der Waals surface area contributed by atoms with Gasteiger partial charge in [0.05, 0.1) is 17.7 Å². The molecule has 29 heavy (non-hydrogen) atoms. The quantitative estimate of drug-likeness (QED) is 0.622. The summed E-state index contributed by atoms with van der Waals surface area (Å²) in [6.45, 7) is 1.42. The molecule has 1 unspecified atom stereocenters. The highest BCUT2D eigenvalue weighted by Gasteiger charge is 2.24. The SMILES string of the molecule is COc1cc(/C=C2/SC(=Nc3ccc(O)cc3)NC2=O)ccc1OC(C)C(=O)O. The number of aliphatic carboxylic acids is 1. The van der Waals surface area contributed by atoms with Crippen molar-refractivity contribution in [3.63, 3.8) is 0 Å². The maximum absolute atomic E-state index is 12.2. The second kappa shape index (κ2) is 8.70. The number of phenolic OH excluding ortho intramolecular Hbond substituents is 1. The van der Waals surface area contributed by atoms with Crippen LogP contribution >= 0.6 is 11.8 Å². The molecule has 0 saturated carbocycles. The van der Waals surface area contributed by atoms with Crippen LogP contribution in [0.25, 0.3) is 6.08 Å². The molecule has 3 rings (SSSR count). The van der Waals surface area contributed by atoms with Crippen molar-refractivity contribution in [3.05, 3.63) is 52.9 Å². The number of amides is 1. The van der Waals surface area contributed by atoms with E-state index >= 15 is 0 Å². The lowest BCUT2D eigenvalue weighted by Gasteiger charge is -2.14. The predicted molar refractivity (Wildman–Crippen MR) is 110 cm³/mol. The van der Waals surface area contributed by atoms with E-state index in [1.54, 1.807) is 36.4 Å². The minimum absolute atomic E-state index is 0.136. The topological polar surface area (TPSA) is 117 Å². The van der Waals surface area contributed by atoms with Crippen LogP contribution in [0.3, 0.4) is 0 Å². The molecule has 1 aliphatic heterocycles. The molecular weight excluding hydrogens is 396 g/mol. The number of carboxylic acids is 1. The monoisotopic (exact) mass is 414 g/mol. The van der Waals surface area contributed by atoms with E-state index in [4.69, 9.17) is 14.6 Å². The number of benzene rings is 2.